The highest BCUT2D eigenvalue weighted by molar-refractivity contribution is 7.91. The van der Waals surface area contributed by atoms with E-state index in [2.05, 4.69) is 29.2 Å². The van der Waals surface area contributed by atoms with Crippen molar-refractivity contribution in [2.75, 3.05) is 24.7 Å². The minimum absolute atomic E-state index is 0.0737. The summed E-state index contributed by atoms with van der Waals surface area (Å²) >= 11 is 1.50. The molecule has 3 fully saturated rings. The number of benzene rings is 2. The van der Waals surface area contributed by atoms with Crippen molar-refractivity contribution < 1.29 is 32.3 Å². The fourth-order valence-electron chi connectivity index (χ4n) is 8.43. The molecule has 8 rings (SSSR count). The van der Waals surface area contributed by atoms with E-state index in [1.54, 1.807) is 31.1 Å². The van der Waals surface area contributed by atoms with Gasteiger partial charge in [0.25, 0.3) is 5.91 Å². The highest BCUT2D eigenvalue weighted by atomic mass is 32.2. The average Bonchev–Trinajstić information content (AvgIpc) is 3.99. The van der Waals surface area contributed by atoms with Crippen molar-refractivity contribution in [3.05, 3.63) is 71.3 Å². The van der Waals surface area contributed by atoms with Crippen LogP contribution >= 0.6 is 11.3 Å². The van der Waals surface area contributed by atoms with Gasteiger partial charge in [-0.1, -0.05) is 44.9 Å². The van der Waals surface area contributed by atoms with E-state index in [9.17, 15) is 22.8 Å². The van der Waals surface area contributed by atoms with Gasteiger partial charge in [-0.2, -0.15) is 0 Å². The number of aryl methyl sites for hydroxylation is 1. The normalized spacial score (nSPS) is 25.7. The molecule has 324 valence electrons. The van der Waals surface area contributed by atoms with Gasteiger partial charge in [0.1, 0.15) is 45.9 Å². The number of amides is 3. The lowest BCUT2D eigenvalue weighted by Gasteiger charge is -2.30. The molecule has 0 bridgehead atoms. The van der Waals surface area contributed by atoms with Crippen molar-refractivity contribution in [1.29, 1.82) is 0 Å². The number of allylic oxidation sites excluding steroid dienone is 1. The van der Waals surface area contributed by atoms with Crippen LogP contribution in [-0.2, 0) is 24.4 Å². The summed E-state index contributed by atoms with van der Waals surface area (Å²) in [5.41, 5.74) is 8.95. The van der Waals surface area contributed by atoms with Gasteiger partial charge < -0.3 is 30.7 Å². The van der Waals surface area contributed by atoms with E-state index in [1.165, 1.54) is 11.3 Å². The van der Waals surface area contributed by atoms with E-state index in [0.29, 0.717) is 53.3 Å². The maximum Gasteiger partial charge on any atom is 0.259 e. The largest absolute Gasteiger partial charge is 0.496 e. The molecule has 14 nitrogen and oxygen atoms in total. The molecule has 2 aromatic carbocycles. The topological polar surface area (TPSA) is 195 Å². The van der Waals surface area contributed by atoms with Crippen LogP contribution in [0.5, 0.6) is 11.5 Å². The molecule has 16 heteroatoms. The quantitative estimate of drug-likeness (QED) is 0.0991. The number of carbonyl (C=O) groups excluding carboxylic acids is 3. The molecule has 1 saturated heterocycles. The van der Waals surface area contributed by atoms with Crippen molar-refractivity contribution in [2.45, 2.75) is 120 Å². The number of hydrogen-bond donors (Lipinski definition) is 4. The standard InChI is InChI=1S/C45H55N7O7S2/c1-26(2)35-25-60-41(49-35)34-22-38(32-16-17-37(58-5)27(3)39(32)48-34)59-31-21-36-40(53)50-45(43(55)51-61(56,57)44(4)18-19-44)23-28(45)12-9-7-6-8-10-15-33(42(54)52(36)24-31)47-30-14-11-13-29(46)20-30/h9,11-14,16-17,20,22,25-26,28,31,33,36,47H,6-8,10,15,18-19,21,23-24,46H2,1-5H3,(H,50,53)(H,51,55)/b12-9-/t28-,31-,33+,36+,45-/m1/s1. The number of nitrogens with two attached hydrogens (primary N) is 1. The maximum atomic E-state index is 14.9. The fourth-order valence-corrected chi connectivity index (χ4v) is 10.7. The van der Waals surface area contributed by atoms with Crippen LogP contribution in [0.4, 0.5) is 11.4 Å². The molecule has 2 aliphatic carbocycles. The smallest absolute Gasteiger partial charge is 0.259 e. The number of aromatic nitrogens is 2. The van der Waals surface area contributed by atoms with E-state index in [4.69, 9.17) is 25.2 Å². The zero-order valence-corrected chi connectivity index (χ0v) is 37.0. The number of hydrogen-bond acceptors (Lipinski definition) is 12. The number of ether oxygens (including phenoxy) is 2. The van der Waals surface area contributed by atoms with E-state index < -0.39 is 56.2 Å². The molecule has 0 unspecified atom stereocenters. The van der Waals surface area contributed by atoms with E-state index in [1.807, 2.05) is 54.8 Å². The zero-order chi connectivity index (χ0) is 43.3. The molecule has 61 heavy (non-hydrogen) atoms. The monoisotopic (exact) mass is 869 g/mol. The molecular formula is C45H55N7O7S2. The van der Waals surface area contributed by atoms with Gasteiger partial charge in [-0.25, -0.2) is 18.4 Å². The highest BCUT2D eigenvalue weighted by Gasteiger charge is 2.63. The van der Waals surface area contributed by atoms with Crippen LogP contribution in [0.2, 0.25) is 0 Å². The number of nitrogens with zero attached hydrogens (tertiary/aromatic N) is 3. The lowest BCUT2D eigenvalue weighted by molar-refractivity contribution is -0.140. The van der Waals surface area contributed by atoms with Crippen molar-refractivity contribution in [3.63, 3.8) is 0 Å². The summed E-state index contributed by atoms with van der Waals surface area (Å²) in [4.78, 5) is 55.2. The van der Waals surface area contributed by atoms with Crippen LogP contribution in [-0.4, -0.2) is 83.1 Å². The Labute approximate surface area is 361 Å². The molecule has 5 atom stereocenters. The maximum absolute atomic E-state index is 14.9. The average molecular weight is 870 g/mol. The van der Waals surface area contributed by atoms with E-state index >= 15 is 0 Å². The summed E-state index contributed by atoms with van der Waals surface area (Å²) in [6, 6.07) is 11.1. The molecular weight excluding hydrogens is 815 g/mol. The van der Waals surface area contributed by atoms with Crippen LogP contribution in [0.25, 0.3) is 21.6 Å². The van der Waals surface area contributed by atoms with E-state index in [0.717, 1.165) is 47.3 Å². The van der Waals surface area contributed by atoms with Crippen molar-refractivity contribution in [1.82, 2.24) is 24.9 Å². The van der Waals surface area contributed by atoms with Crippen LogP contribution in [0.15, 0.2) is 60.0 Å². The second-order valence-electron chi connectivity index (χ2n) is 17.6. The van der Waals surface area contributed by atoms with Gasteiger partial charge in [0, 0.05) is 46.1 Å². The number of fused-ring (bicyclic) bond motifs is 3. The van der Waals surface area contributed by atoms with E-state index in [-0.39, 0.29) is 31.2 Å². The highest BCUT2D eigenvalue weighted by Crippen LogP contribution is 2.48. The minimum Gasteiger partial charge on any atom is -0.496 e. The number of carbonyl (C=O) groups is 3. The predicted molar refractivity (Wildman–Crippen MR) is 237 cm³/mol. The molecule has 0 spiro atoms. The van der Waals surface area contributed by atoms with Gasteiger partial charge in [-0.15, -0.1) is 11.3 Å². The van der Waals surface area contributed by atoms with Crippen molar-refractivity contribution >= 4 is 61.4 Å². The summed E-state index contributed by atoms with van der Waals surface area (Å²) in [5.74, 6) is -0.603. The van der Waals surface area contributed by atoms with Crippen LogP contribution in [0.1, 0.15) is 95.7 Å². The van der Waals surface area contributed by atoms with Crippen LogP contribution in [0, 0.1) is 12.8 Å². The number of methoxy groups -OCH3 is 1. The SMILES string of the molecule is COc1ccc2c(O[C@@H]3C[C@H]4C(=O)N[C@]5(C(=O)NS(=O)(=O)C6(C)CC6)C[C@H]5/C=C\CCCCC[C@H](Nc5cccc(N)c5)C(=O)N4C3)cc(-c3nc(C(C)C)cs3)nc2c1C. The van der Waals surface area contributed by atoms with Crippen LogP contribution < -0.4 is 30.6 Å². The summed E-state index contributed by atoms with van der Waals surface area (Å²) < 4.78 is 40.4. The third-order valence-corrected chi connectivity index (χ3v) is 15.7. The molecule has 4 aliphatic rings. The second kappa shape index (κ2) is 16.6. The van der Waals surface area contributed by atoms with Gasteiger partial charge in [0.15, 0.2) is 0 Å². The first-order valence-electron chi connectivity index (χ1n) is 21.2. The number of rotatable bonds is 10. The Morgan fingerprint density at radius 1 is 1.08 bits per heavy atom. The molecule has 0 radical (unpaired) electrons. The van der Waals surface area contributed by atoms with Crippen molar-refractivity contribution in [3.8, 4) is 22.2 Å². The van der Waals surface area contributed by atoms with Gasteiger partial charge >= 0.3 is 0 Å². The van der Waals surface area contributed by atoms with Gasteiger partial charge in [-0.05, 0) is 88.6 Å². The number of nitrogens with one attached hydrogen (secondary N) is 3. The molecule has 2 saturated carbocycles. The molecule has 3 amide bonds. The van der Waals surface area contributed by atoms with Gasteiger partial charge in [-0.3, -0.25) is 19.1 Å². The first kappa shape index (κ1) is 42.5. The Morgan fingerprint density at radius 2 is 1.89 bits per heavy atom. The second-order valence-corrected chi connectivity index (χ2v) is 20.6. The molecule has 4 heterocycles. The van der Waals surface area contributed by atoms with Crippen molar-refractivity contribution in [2.24, 2.45) is 5.92 Å². The Morgan fingerprint density at radius 3 is 2.61 bits per heavy atom. The molecule has 2 aliphatic heterocycles. The Kier molecular flexibility index (Phi) is 11.5. The molecule has 5 N–H and O–H groups in total. The first-order valence-corrected chi connectivity index (χ1v) is 23.6. The third-order valence-electron chi connectivity index (χ3n) is 12.7. The summed E-state index contributed by atoms with van der Waals surface area (Å²) in [6.45, 7) is 7.80. The first-order chi connectivity index (χ1) is 29.1. The number of thiazole rings is 1. The summed E-state index contributed by atoms with van der Waals surface area (Å²) in [5, 5.41) is 9.89. The number of nitrogen functional groups attached to an aromatic ring is 1. The lowest BCUT2D eigenvalue weighted by Crippen LogP contribution is -2.58. The minimum atomic E-state index is -3.99. The van der Waals surface area contributed by atoms with Gasteiger partial charge in [0.05, 0.1) is 29.6 Å². The van der Waals surface area contributed by atoms with Gasteiger partial charge in [0.2, 0.25) is 21.8 Å². The Hall–Kier alpha value is -5.22. The number of sulfonamides is 1. The molecule has 4 aromatic rings. The number of pyridine rings is 1. The third kappa shape index (κ3) is 8.53. The number of anilines is 2. The Bertz CT molecular complexity index is 2500. The summed E-state index contributed by atoms with van der Waals surface area (Å²) in [7, 11) is -2.37. The molecule has 2 aromatic heterocycles. The zero-order valence-electron chi connectivity index (χ0n) is 35.3. The summed E-state index contributed by atoms with van der Waals surface area (Å²) in [6.07, 6.45) is 8.22. The Balaban J connectivity index is 1.15. The van der Waals surface area contributed by atoms with Crippen LogP contribution in [0.3, 0.4) is 0 Å². The fraction of sp³-hybridized carbons (Fsp3) is 0.489. The predicted octanol–water partition coefficient (Wildman–Crippen LogP) is 6.60. The lowest BCUT2D eigenvalue weighted by atomic mass is 10.0.